The molecule has 6 heteroatoms. The van der Waals surface area contributed by atoms with Crippen molar-refractivity contribution in [2.45, 2.75) is 25.8 Å². The Morgan fingerprint density at radius 1 is 1.62 bits per heavy atom. The third kappa shape index (κ3) is 3.90. The summed E-state index contributed by atoms with van der Waals surface area (Å²) >= 11 is 4.81. The van der Waals surface area contributed by atoms with Crippen LogP contribution < -0.4 is 11.1 Å². The fourth-order valence-corrected chi connectivity index (χ4v) is 1.42. The van der Waals surface area contributed by atoms with E-state index in [0.29, 0.717) is 17.1 Å². The molecule has 86 valence electrons. The van der Waals surface area contributed by atoms with Crippen molar-refractivity contribution in [1.82, 2.24) is 15.3 Å². The minimum absolute atomic E-state index is 0.0491. The van der Waals surface area contributed by atoms with Crippen LogP contribution in [0.25, 0.3) is 0 Å². The van der Waals surface area contributed by atoms with Crippen LogP contribution in [-0.4, -0.2) is 26.9 Å². The number of nitrogens with two attached hydrogens (primary N) is 1. The van der Waals surface area contributed by atoms with Crippen LogP contribution in [-0.2, 0) is 0 Å². The maximum atomic E-state index is 11.7. The van der Waals surface area contributed by atoms with Crippen molar-refractivity contribution < 1.29 is 4.79 Å². The summed E-state index contributed by atoms with van der Waals surface area (Å²) in [6.07, 6.45) is 5.68. The normalized spacial score (nSPS) is 11.8. The fraction of sp³-hybridized carbons (Fsp3) is 0.400. The molecule has 0 fully saturated rings. The Labute approximate surface area is 99.5 Å². The minimum Gasteiger partial charge on any atom is -0.393 e. The highest BCUT2D eigenvalue weighted by atomic mass is 32.1. The predicted octanol–water partition coefficient (Wildman–Crippen LogP) is 0.661. The quantitative estimate of drug-likeness (QED) is 0.737. The third-order valence-electron chi connectivity index (χ3n) is 2.07. The lowest BCUT2D eigenvalue weighted by atomic mass is 10.1. The molecule has 0 radical (unpaired) electrons. The maximum absolute atomic E-state index is 11.7. The van der Waals surface area contributed by atoms with Gasteiger partial charge in [-0.2, -0.15) is 0 Å². The first kappa shape index (κ1) is 12.5. The highest BCUT2D eigenvalue weighted by Crippen LogP contribution is 2.00. The lowest BCUT2D eigenvalue weighted by Gasteiger charge is -2.15. The summed E-state index contributed by atoms with van der Waals surface area (Å²) in [5.41, 5.74) is 5.73. The topological polar surface area (TPSA) is 80.9 Å². The number of hydrogen-bond donors (Lipinski definition) is 2. The lowest BCUT2D eigenvalue weighted by molar-refractivity contribution is 0.0931. The van der Waals surface area contributed by atoms with Gasteiger partial charge in [-0.3, -0.25) is 9.78 Å². The Morgan fingerprint density at radius 2 is 2.38 bits per heavy atom. The Bertz CT molecular complexity index is 368. The Hall–Kier alpha value is -1.56. The van der Waals surface area contributed by atoms with Crippen LogP contribution in [0, 0.1) is 0 Å². The molecular weight excluding hydrogens is 224 g/mol. The monoisotopic (exact) mass is 238 g/mol. The first-order valence-electron chi connectivity index (χ1n) is 4.98. The van der Waals surface area contributed by atoms with Crippen molar-refractivity contribution in [3.8, 4) is 0 Å². The molecular formula is C10H14N4OS. The molecule has 0 bridgehead atoms. The van der Waals surface area contributed by atoms with Crippen LogP contribution >= 0.6 is 12.2 Å². The molecule has 1 amide bonds. The highest BCUT2D eigenvalue weighted by Gasteiger charge is 2.13. The number of carbonyl (C=O) groups is 1. The molecule has 1 heterocycles. The number of nitrogens with one attached hydrogen (secondary N) is 1. The van der Waals surface area contributed by atoms with Gasteiger partial charge in [0.2, 0.25) is 0 Å². The third-order valence-corrected chi connectivity index (χ3v) is 2.24. The largest absolute Gasteiger partial charge is 0.393 e. The van der Waals surface area contributed by atoms with E-state index in [2.05, 4.69) is 15.3 Å². The highest BCUT2D eigenvalue weighted by molar-refractivity contribution is 7.80. The second kappa shape index (κ2) is 6.12. The van der Waals surface area contributed by atoms with Crippen molar-refractivity contribution in [3.63, 3.8) is 0 Å². The molecule has 3 N–H and O–H groups in total. The van der Waals surface area contributed by atoms with Crippen LogP contribution in [0.3, 0.4) is 0 Å². The molecule has 0 aromatic carbocycles. The van der Waals surface area contributed by atoms with Crippen LogP contribution in [0.5, 0.6) is 0 Å². The van der Waals surface area contributed by atoms with E-state index in [0.717, 1.165) is 6.42 Å². The number of carbonyl (C=O) groups excluding carboxylic acids is 1. The second-order valence-corrected chi connectivity index (χ2v) is 3.86. The summed E-state index contributed by atoms with van der Waals surface area (Å²) in [5, 5.41) is 2.81. The first-order chi connectivity index (χ1) is 7.63. The standard InChI is InChI=1S/C10H14N4OS/c1-2-7(5-9(11)16)14-10(15)8-6-12-3-4-13-8/h3-4,6-7H,2,5H2,1H3,(H2,11,16)(H,14,15). The van der Waals surface area contributed by atoms with Crippen LogP contribution in [0.4, 0.5) is 0 Å². The summed E-state index contributed by atoms with van der Waals surface area (Å²) < 4.78 is 0. The van der Waals surface area contributed by atoms with E-state index in [1.807, 2.05) is 6.92 Å². The smallest absolute Gasteiger partial charge is 0.271 e. The molecule has 0 aliphatic rings. The van der Waals surface area contributed by atoms with E-state index in [4.69, 9.17) is 18.0 Å². The van der Waals surface area contributed by atoms with Crippen molar-refractivity contribution in [2.24, 2.45) is 5.73 Å². The van der Waals surface area contributed by atoms with Gasteiger partial charge < -0.3 is 11.1 Å². The van der Waals surface area contributed by atoms with E-state index < -0.39 is 0 Å². The molecule has 1 unspecified atom stereocenters. The van der Waals surface area contributed by atoms with Crippen LogP contribution in [0.1, 0.15) is 30.3 Å². The molecule has 1 aromatic rings. The summed E-state index contributed by atoms with van der Waals surface area (Å²) in [6, 6.07) is -0.0491. The van der Waals surface area contributed by atoms with Gasteiger partial charge in [-0.1, -0.05) is 19.1 Å². The van der Waals surface area contributed by atoms with Crippen molar-refractivity contribution in [2.75, 3.05) is 0 Å². The molecule has 1 rings (SSSR count). The first-order valence-corrected chi connectivity index (χ1v) is 5.39. The van der Waals surface area contributed by atoms with Gasteiger partial charge in [0.15, 0.2) is 0 Å². The van der Waals surface area contributed by atoms with Crippen molar-refractivity contribution >= 4 is 23.1 Å². The van der Waals surface area contributed by atoms with Gasteiger partial charge in [0.1, 0.15) is 5.69 Å². The average Bonchev–Trinajstić information content (AvgIpc) is 2.28. The van der Waals surface area contributed by atoms with E-state index in [-0.39, 0.29) is 11.9 Å². The lowest BCUT2D eigenvalue weighted by Crippen LogP contribution is -2.37. The number of rotatable bonds is 5. The molecule has 0 saturated carbocycles. The van der Waals surface area contributed by atoms with Crippen molar-refractivity contribution in [3.05, 3.63) is 24.3 Å². The maximum Gasteiger partial charge on any atom is 0.271 e. The number of nitrogens with zero attached hydrogens (tertiary/aromatic N) is 2. The summed E-state index contributed by atoms with van der Waals surface area (Å²) in [4.78, 5) is 19.8. The fourth-order valence-electron chi connectivity index (χ4n) is 1.22. The average molecular weight is 238 g/mol. The molecule has 0 spiro atoms. The zero-order chi connectivity index (χ0) is 12.0. The summed E-state index contributed by atoms with van der Waals surface area (Å²) in [6.45, 7) is 1.96. The van der Waals surface area contributed by atoms with Gasteiger partial charge in [0.05, 0.1) is 11.2 Å². The number of hydrogen-bond acceptors (Lipinski definition) is 4. The summed E-state index contributed by atoms with van der Waals surface area (Å²) in [5.74, 6) is -0.254. The Balaban J connectivity index is 2.59. The SMILES string of the molecule is CCC(CC(N)=S)NC(=O)c1cnccn1. The van der Waals surface area contributed by atoms with E-state index in [1.165, 1.54) is 18.6 Å². The van der Waals surface area contributed by atoms with E-state index >= 15 is 0 Å². The van der Waals surface area contributed by atoms with Gasteiger partial charge in [-0.25, -0.2) is 4.98 Å². The molecule has 16 heavy (non-hydrogen) atoms. The van der Waals surface area contributed by atoms with Gasteiger partial charge >= 0.3 is 0 Å². The number of amides is 1. The van der Waals surface area contributed by atoms with Crippen LogP contribution in [0.2, 0.25) is 0 Å². The number of thiocarbonyl (C=S) groups is 1. The molecule has 0 aliphatic heterocycles. The Kier molecular flexibility index (Phi) is 4.78. The van der Waals surface area contributed by atoms with Crippen molar-refractivity contribution in [1.29, 1.82) is 0 Å². The molecule has 5 nitrogen and oxygen atoms in total. The second-order valence-electron chi connectivity index (χ2n) is 3.34. The zero-order valence-electron chi connectivity index (χ0n) is 9.01. The predicted molar refractivity (Wildman–Crippen MR) is 65.0 cm³/mol. The summed E-state index contributed by atoms with van der Waals surface area (Å²) in [7, 11) is 0. The molecule has 0 saturated heterocycles. The molecule has 1 aromatic heterocycles. The van der Waals surface area contributed by atoms with E-state index in [9.17, 15) is 4.79 Å². The van der Waals surface area contributed by atoms with Gasteiger partial charge in [-0.15, -0.1) is 0 Å². The minimum atomic E-state index is -0.254. The Morgan fingerprint density at radius 3 is 2.88 bits per heavy atom. The molecule has 1 atom stereocenters. The van der Waals surface area contributed by atoms with Gasteiger partial charge in [-0.05, 0) is 6.42 Å². The zero-order valence-corrected chi connectivity index (χ0v) is 9.83. The van der Waals surface area contributed by atoms with E-state index in [1.54, 1.807) is 0 Å². The van der Waals surface area contributed by atoms with Gasteiger partial charge in [0, 0.05) is 24.9 Å². The van der Waals surface area contributed by atoms with Crippen LogP contribution in [0.15, 0.2) is 18.6 Å². The van der Waals surface area contributed by atoms with Gasteiger partial charge in [0.25, 0.3) is 5.91 Å². The number of aromatic nitrogens is 2. The molecule has 0 aliphatic carbocycles.